The molecule has 0 aliphatic heterocycles. The Bertz CT molecular complexity index is 1180. The summed E-state index contributed by atoms with van der Waals surface area (Å²) in [6.07, 6.45) is 7.23. The number of hydrogen-bond donors (Lipinski definition) is 0. The van der Waals surface area contributed by atoms with Gasteiger partial charge >= 0.3 is 0 Å². The lowest BCUT2D eigenvalue weighted by Gasteiger charge is -2.02. The second kappa shape index (κ2) is 4.61. The summed E-state index contributed by atoms with van der Waals surface area (Å²) in [5, 5.41) is 4.27. The molecular formula is C19H11N3O. The van der Waals surface area contributed by atoms with Crippen LogP contribution in [0.2, 0.25) is 0 Å². The van der Waals surface area contributed by atoms with Crippen LogP contribution in [0.4, 0.5) is 0 Å². The highest BCUT2D eigenvalue weighted by atomic mass is 16.3. The van der Waals surface area contributed by atoms with Gasteiger partial charge in [-0.05, 0) is 24.3 Å². The largest absolute Gasteiger partial charge is 0.454 e. The molecule has 0 spiro atoms. The molecule has 0 aliphatic rings. The van der Waals surface area contributed by atoms with E-state index in [1.807, 2.05) is 48.8 Å². The Labute approximate surface area is 131 Å². The first-order valence-corrected chi connectivity index (χ1v) is 7.36. The fraction of sp³-hybridized carbons (Fsp3) is 0. The van der Waals surface area contributed by atoms with Crippen LogP contribution in [0.25, 0.3) is 44.1 Å². The van der Waals surface area contributed by atoms with Crippen molar-refractivity contribution in [2.45, 2.75) is 0 Å². The van der Waals surface area contributed by atoms with E-state index in [1.165, 1.54) is 0 Å². The molecule has 0 aliphatic carbocycles. The van der Waals surface area contributed by atoms with E-state index in [-0.39, 0.29) is 0 Å². The van der Waals surface area contributed by atoms with Crippen LogP contribution in [0.3, 0.4) is 0 Å². The fourth-order valence-electron chi connectivity index (χ4n) is 2.89. The van der Waals surface area contributed by atoms with Crippen molar-refractivity contribution in [2.75, 3.05) is 0 Å². The zero-order chi connectivity index (χ0) is 15.2. The number of fused-ring (bicyclic) bond motifs is 4. The van der Waals surface area contributed by atoms with Crippen LogP contribution in [0.15, 0.2) is 71.7 Å². The van der Waals surface area contributed by atoms with Gasteiger partial charge in [-0.3, -0.25) is 15.0 Å². The number of aromatic nitrogens is 3. The predicted molar refractivity (Wildman–Crippen MR) is 90.0 cm³/mol. The first-order chi connectivity index (χ1) is 11.4. The molecule has 5 rings (SSSR count). The third kappa shape index (κ3) is 1.89. The average molecular weight is 297 g/mol. The minimum absolute atomic E-state index is 0.789. The summed E-state index contributed by atoms with van der Waals surface area (Å²) in [4.78, 5) is 13.2. The lowest BCUT2D eigenvalue weighted by molar-refractivity contribution is 0.667. The third-order valence-corrected chi connectivity index (χ3v) is 4.05. The number of para-hydroxylation sites is 1. The van der Waals surface area contributed by atoms with Crippen LogP contribution in [0.5, 0.6) is 0 Å². The summed E-state index contributed by atoms with van der Waals surface area (Å²) >= 11 is 0. The average Bonchev–Trinajstić information content (AvgIpc) is 2.99. The van der Waals surface area contributed by atoms with Gasteiger partial charge in [0, 0.05) is 40.1 Å². The van der Waals surface area contributed by atoms with Crippen LogP contribution in [0.1, 0.15) is 0 Å². The smallest absolute Gasteiger partial charge is 0.153 e. The van der Waals surface area contributed by atoms with Gasteiger partial charge in [0.2, 0.25) is 0 Å². The minimum atomic E-state index is 0.789. The number of nitrogens with zero attached hydrogens (tertiary/aromatic N) is 3. The van der Waals surface area contributed by atoms with E-state index >= 15 is 0 Å². The van der Waals surface area contributed by atoms with Gasteiger partial charge in [0.1, 0.15) is 5.58 Å². The zero-order valence-corrected chi connectivity index (χ0v) is 12.1. The highest BCUT2D eigenvalue weighted by molar-refractivity contribution is 6.05. The van der Waals surface area contributed by atoms with Crippen LogP contribution in [-0.4, -0.2) is 15.0 Å². The standard InChI is InChI=1S/C19H11N3O/c1-2-4-18-14(3-1)15-8-17(22-11-19(15)23-18)16-7-13-9-20-6-5-12(13)10-21-16/h1-11H. The summed E-state index contributed by atoms with van der Waals surface area (Å²) in [5.41, 5.74) is 3.32. The van der Waals surface area contributed by atoms with Gasteiger partial charge in [0.15, 0.2) is 5.58 Å². The Morgan fingerprint density at radius 2 is 1.57 bits per heavy atom. The van der Waals surface area contributed by atoms with E-state index in [9.17, 15) is 0 Å². The molecular weight excluding hydrogens is 286 g/mol. The highest BCUT2D eigenvalue weighted by Crippen LogP contribution is 2.30. The molecule has 0 bridgehead atoms. The normalized spacial score (nSPS) is 11.5. The first-order valence-electron chi connectivity index (χ1n) is 7.36. The van der Waals surface area contributed by atoms with Crippen molar-refractivity contribution in [3.63, 3.8) is 0 Å². The van der Waals surface area contributed by atoms with E-state index in [0.717, 1.165) is 44.1 Å². The van der Waals surface area contributed by atoms with Crippen molar-refractivity contribution < 1.29 is 4.42 Å². The van der Waals surface area contributed by atoms with Gasteiger partial charge in [0.05, 0.1) is 17.6 Å². The van der Waals surface area contributed by atoms with Crippen molar-refractivity contribution in [3.8, 4) is 11.4 Å². The Morgan fingerprint density at radius 3 is 2.57 bits per heavy atom. The summed E-state index contributed by atoms with van der Waals surface area (Å²) in [5.74, 6) is 0. The molecule has 0 unspecified atom stereocenters. The number of furan rings is 1. The summed E-state index contributed by atoms with van der Waals surface area (Å²) in [6, 6.07) is 14.0. The van der Waals surface area contributed by atoms with Crippen molar-refractivity contribution in [1.29, 1.82) is 0 Å². The third-order valence-electron chi connectivity index (χ3n) is 4.05. The SMILES string of the molecule is c1ccc2c(c1)oc1cnc(-c3cc4cnccc4cn3)cc12. The van der Waals surface area contributed by atoms with Gasteiger partial charge < -0.3 is 4.42 Å². The van der Waals surface area contributed by atoms with E-state index in [4.69, 9.17) is 4.42 Å². The zero-order valence-electron chi connectivity index (χ0n) is 12.1. The maximum atomic E-state index is 5.82. The predicted octanol–water partition coefficient (Wildman–Crippen LogP) is 4.59. The summed E-state index contributed by atoms with van der Waals surface area (Å²) < 4.78 is 5.82. The van der Waals surface area contributed by atoms with Crippen molar-refractivity contribution in [3.05, 3.63) is 67.3 Å². The van der Waals surface area contributed by atoms with Crippen molar-refractivity contribution in [1.82, 2.24) is 15.0 Å². The molecule has 0 amide bonds. The van der Waals surface area contributed by atoms with Crippen LogP contribution in [0, 0.1) is 0 Å². The monoisotopic (exact) mass is 297 g/mol. The molecule has 4 nitrogen and oxygen atoms in total. The maximum Gasteiger partial charge on any atom is 0.153 e. The molecule has 0 radical (unpaired) electrons. The molecule has 0 saturated carbocycles. The van der Waals surface area contributed by atoms with Gasteiger partial charge in [-0.25, -0.2) is 0 Å². The molecule has 0 saturated heterocycles. The second-order valence-corrected chi connectivity index (χ2v) is 5.46. The highest BCUT2D eigenvalue weighted by Gasteiger charge is 2.10. The van der Waals surface area contributed by atoms with Crippen LogP contribution >= 0.6 is 0 Å². The lowest BCUT2D eigenvalue weighted by Crippen LogP contribution is -1.88. The van der Waals surface area contributed by atoms with Crippen molar-refractivity contribution >= 4 is 32.7 Å². The minimum Gasteiger partial charge on any atom is -0.454 e. The van der Waals surface area contributed by atoms with Crippen LogP contribution in [-0.2, 0) is 0 Å². The summed E-state index contributed by atoms with van der Waals surface area (Å²) in [6.45, 7) is 0. The topological polar surface area (TPSA) is 51.8 Å². The molecule has 0 N–H and O–H groups in total. The molecule has 4 aromatic heterocycles. The number of pyridine rings is 3. The Balaban J connectivity index is 1.76. The molecule has 0 atom stereocenters. The lowest BCUT2D eigenvalue weighted by atomic mass is 10.1. The van der Waals surface area contributed by atoms with Crippen LogP contribution < -0.4 is 0 Å². The van der Waals surface area contributed by atoms with E-state index < -0.39 is 0 Å². The van der Waals surface area contributed by atoms with Gasteiger partial charge in [-0.1, -0.05) is 18.2 Å². The molecule has 108 valence electrons. The molecule has 4 heterocycles. The summed E-state index contributed by atoms with van der Waals surface area (Å²) in [7, 11) is 0. The quantitative estimate of drug-likeness (QED) is 0.454. The molecule has 23 heavy (non-hydrogen) atoms. The van der Waals surface area contributed by atoms with Gasteiger partial charge in [0.25, 0.3) is 0 Å². The Morgan fingerprint density at radius 1 is 0.696 bits per heavy atom. The van der Waals surface area contributed by atoms with E-state index in [2.05, 4.69) is 21.0 Å². The van der Waals surface area contributed by atoms with E-state index in [0.29, 0.717) is 0 Å². The molecule has 0 fully saturated rings. The van der Waals surface area contributed by atoms with Crippen molar-refractivity contribution in [2.24, 2.45) is 0 Å². The molecule has 4 heteroatoms. The first kappa shape index (κ1) is 12.3. The maximum absolute atomic E-state index is 5.82. The Kier molecular flexibility index (Phi) is 2.46. The van der Waals surface area contributed by atoms with Gasteiger partial charge in [-0.15, -0.1) is 0 Å². The molecule has 1 aromatic carbocycles. The van der Waals surface area contributed by atoms with E-state index in [1.54, 1.807) is 12.4 Å². The number of hydrogen-bond acceptors (Lipinski definition) is 4. The van der Waals surface area contributed by atoms with Gasteiger partial charge in [-0.2, -0.15) is 0 Å². The fourth-order valence-corrected chi connectivity index (χ4v) is 2.89. The number of benzene rings is 1. The second-order valence-electron chi connectivity index (χ2n) is 5.46. The number of rotatable bonds is 1. The Hall–Kier alpha value is -3.27. The molecule has 5 aromatic rings.